The summed E-state index contributed by atoms with van der Waals surface area (Å²) in [5.41, 5.74) is 0.0366. The van der Waals surface area contributed by atoms with Crippen LogP contribution < -0.4 is 0 Å². The van der Waals surface area contributed by atoms with Gasteiger partial charge in [-0.2, -0.15) is 18.3 Å². The van der Waals surface area contributed by atoms with Crippen LogP contribution >= 0.6 is 0 Å². The predicted octanol–water partition coefficient (Wildman–Crippen LogP) is 2.80. The van der Waals surface area contributed by atoms with E-state index in [0.717, 1.165) is 12.1 Å². The lowest BCUT2D eigenvalue weighted by Crippen LogP contribution is -2.06. The van der Waals surface area contributed by atoms with E-state index in [1.54, 1.807) is 7.05 Å². The number of nitrogens with zero attached hydrogens (tertiary/aromatic N) is 2. The normalized spacial score (nSPS) is 11.4. The summed E-state index contributed by atoms with van der Waals surface area (Å²) in [6.07, 6.45) is -1.52. The second-order valence-electron chi connectivity index (χ2n) is 4.17. The van der Waals surface area contributed by atoms with E-state index in [2.05, 4.69) is 5.10 Å². The van der Waals surface area contributed by atoms with Crippen LogP contribution in [0.2, 0.25) is 0 Å². The number of carbonyl (C=O) groups excluding carboxylic acids is 1. The van der Waals surface area contributed by atoms with Crippen LogP contribution in [0.4, 0.5) is 13.2 Å². The molecule has 0 bridgehead atoms. The second kappa shape index (κ2) is 5.36. The van der Waals surface area contributed by atoms with Gasteiger partial charge in [-0.25, -0.2) is 4.79 Å². The predicted molar refractivity (Wildman–Crippen MR) is 63.8 cm³/mol. The Morgan fingerprint density at radius 2 is 1.95 bits per heavy atom. The maximum atomic E-state index is 12.4. The smallest absolute Gasteiger partial charge is 0.416 e. The van der Waals surface area contributed by atoms with Crippen molar-refractivity contribution in [2.75, 3.05) is 0 Å². The maximum Gasteiger partial charge on any atom is 0.416 e. The minimum absolute atomic E-state index is 0.0914. The summed E-state index contributed by atoms with van der Waals surface area (Å²) < 4.78 is 43.5. The fourth-order valence-electron chi connectivity index (χ4n) is 1.55. The first kappa shape index (κ1) is 14.1. The Morgan fingerprint density at radius 1 is 1.30 bits per heavy atom. The van der Waals surface area contributed by atoms with Crippen molar-refractivity contribution < 1.29 is 22.7 Å². The summed E-state index contributed by atoms with van der Waals surface area (Å²) >= 11 is 0. The van der Waals surface area contributed by atoms with Crippen molar-refractivity contribution >= 4 is 5.97 Å². The minimum Gasteiger partial charge on any atom is -0.457 e. The molecule has 7 heteroatoms. The highest BCUT2D eigenvalue weighted by Crippen LogP contribution is 2.29. The molecule has 106 valence electrons. The third-order valence-corrected chi connectivity index (χ3v) is 2.59. The lowest BCUT2D eigenvalue weighted by Gasteiger charge is -2.08. The second-order valence-corrected chi connectivity index (χ2v) is 4.17. The zero-order valence-corrected chi connectivity index (χ0v) is 10.5. The molecule has 1 aromatic carbocycles. The van der Waals surface area contributed by atoms with Gasteiger partial charge < -0.3 is 4.74 Å². The largest absolute Gasteiger partial charge is 0.457 e. The van der Waals surface area contributed by atoms with Gasteiger partial charge in [-0.1, -0.05) is 12.1 Å². The number of ether oxygens (including phenoxy) is 1. The van der Waals surface area contributed by atoms with Gasteiger partial charge in [0, 0.05) is 13.2 Å². The van der Waals surface area contributed by atoms with Crippen molar-refractivity contribution in [3.63, 3.8) is 0 Å². The zero-order valence-electron chi connectivity index (χ0n) is 10.5. The Hall–Kier alpha value is -2.31. The Balaban J connectivity index is 1.96. The number of rotatable bonds is 3. The Kier molecular flexibility index (Phi) is 3.78. The number of aryl methyl sites for hydroxylation is 1. The van der Waals surface area contributed by atoms with Crippen LogP contribution in [0.15, 0.2) is 36.7 Å². The average molecular weight is 284 g/mol. The van der Waals surface area contributed by atoms with Gasteiger partial charge in [0.05, 0.1) is 17.3 Å². The van der Waals surface area contributed by atoms with E-state index in [0.29, 0.717) is 11.1 Å². The number of aromatic nitrogens is 2. The number of hydrogen-bond donors (Lipinski definition) is 0. The van der Waals surface area contributed by atoms with E-state index in [4.69, 9.17) is 4.74 Å². The van der Waals surface area contributed by atoms with E-state index in [-0.39, 0.29) is 6.61 Å². The van der Waals surface area contributed by atoms with Crippen LogP contribution in [0.5, 0.6) is 0 Å². The molecule has 0 radical (unpaired) electrons. The standard InChI is InChI=1S/C13H11F3N2O2/c1-18-7-10(6-17-18)12(19)20-8-9-2-4-11(5-3-9)13(14,15)16/h2-7H,8H2,1H3. The van der Waals surface area contributed by atoms with Crippen molar-refractivity contribution in [1.29, 1.82) is 0 Å². The summed E-state index contributed by atoms with van der Waals surface area (Å²) in [4.78, 5) is 11.6. The molecule has 0 unspecified atom stereocenters. The fraction of sp³-hybridized carbons (Fsp3) is 0.231. The van der Waals surface area contributed by atoms with Gasteiger partial charge in [-0.05, 0) is 17.7 Å². The summed E-state index contributed by atoms with van der Waals surface area (Å²) in [5.74, 6) is -0.571. The molecule has 1 aromatic heterocycles. The number of halogens is 3. The van der Waals surface area contributed by atoms with Gasteiger partial charge in [0.25, 0.3) is 0 Å². The number of benzene rings is 1. The molecule has 0 spiro atoms. The highest BCUT2D eigenvalue weighted by molar-refractivity contribution is 5.88. The Bertz CT molecular complexity index is 603. The van der Waals surface area contributed by atoms with Crippen molar-refractivity contribution in [2.24, 2.45) is 7.05 Å². The molecule has 0 aliphatic rings. The van der Waals surface area contributed by atoms with Gasteiger partial charge in [0.15, 0.2) is 0 Å². The van der Waals surface area contributed by atoms with Crippen molar-refractivity contribution in [3.8, 4) is 0 Å². The Labute approximate surface area is 112 Å². The summed E-state index contributed by atoms with van der Waals surface area (Å²) in [7, 11) is 1.66. The average Bonchev–Trinajstić information content (AvgIpc) is 2.82. The monoisotopic (exact) mass is 284 g/mol. The number of carbonyl (C=O) groups is 1. The molecule has 1 heterocycles. The molecule has 0 amide bonds. The van der Waals surface area contributed by atoms with Gasteiger partial charge in [-0.3, -0.25) is 4.68 Å². The summed E-state index contributed by atoms with van der Waals surface area (Å²) in [6.45, 7) is -0.0914. The van der Waals surface area contributed by atoms with E-state index < -0.39 is 17.7 Å². The van der Waals surface area contributed by atoms with Crippen molar-refractivity contribution in [1.82, 2.24) is 9.78 Å². The molecular weight excluding hydrogens is 273 g/mol. The van der Waals surface area contributed by atoms with Gasteiger partial charge in [0.2, 0.25) is 0 Å². The first-order valence-corrected chi connectivity index (χ1v) is 5.68. The fourth-order valence-corrected chi connectivity index (χ4v) is 1.55. The molecule has 2 rings (SSSR count). The molecule has 4 nitrogen and oxygen atoms in total. The van der Waals surface area contributed by atoms with Gasteiger partial charge in [0.1, 0.15) is 6.61 Å². The number of esters is 1. The number of alkyl halides is 3. The molecule has 0 saturated heterocycles. The molecular formula is C13H11F3N2O2. The number of hydrogen-bond acceptors (Lipinski definition) is 3. The third kappa shape index (κ3) is 3.37. The van der Waals surface area contributed by atoms with Crippen LogP contribution in [-0.2, 0) is 24.6 Å². The molecule has 0 fully saturated rings. The van der Waals surface area contributed by atoms with Crippen LogP contribution in [-0.4, -0.2) is 15.7 Å². The highest BCUT2D eigenvalue weighted by atomic mass is 19.4. The van der Waals surface area contributed by atoms with E-state index in [9.17, 15) is 18.0 Å². The van der Waals surface area contributed by atoms with Crippen molar-refractivity contribution in [3.05, 3.63) is 53.3 Å². The summed E-state index contributed by atoms with van der Waals surface area (Å²) in [5, 5.41) is 3.82. The van der Waals surface area contributed by atoms with Crippen LogP contribution in [0, 0.1) is 0 Å². The van der Waals surface area contributed by atoms with Crippen LogP contribution in [0.3, 0.4) is 0 Å². The Morgan fingerprint density at radius 3 is 2.45 bits per heavy atom. The van der Waals surface area contributed by atoms with Gasteiger partial charge >= 0.3 is 12.1 Å². The molecule has 2 aromatic rings. The van der Waals surface area contributed by atoms with Crippen molar-refractivity contribution in [2.45, 2.75) is 12.8 Å². The minimum atomic E-state index is -4.37. The van der Waals surface area contributed by atoms with E-state index in [1.165, 1.54) is 29.2 Å². The molecule has 0 N–H and O–H groups in total. The lowest BCUT2D eigenvalue weighted by molar-refractivity contribution is -0.137. The SMILES string of the molecule is Cn1cc(C(=O)OCc2ccc(C(F)(F)F)cc2)cn1. The zero-order chi connectivity index (χ0) is 14.8. The molecule has 0 aliphatic carbocycles. The van der Waals surface area contributed by atoms with E-state index >= 15 is 0 Å². The molecule has 0 saturated carbocycles. The lowest BCUT2D eigenvalue weighted by atomic mass is 10.1. The van der Waals surface area contributed by atoms with E-state index in [1.807, 2.05) is 0 Å². The van der Waals surface area contributed by atoms with Gasteiger partial charge in [-0.15, -0.1) is 0 Å². The first-order chi connectivity index (χ1) is 9.36. The molecule has 0 aliphatic heterocycles. The van der Waals surface area contributed by atoms with Crippen LogP contribution in [0.25, 0.3) is 0 Å². The quantitative estimate of drug-likeness (QED) is 0.814. The van der Waals surface area contributed by atoms with Crippen LogP contribution in [0.1, 0.15) is 21.5 Å². The molecule has 20 heavy (non-hydrogen) atoms. The highest BCUT2D eigenvalue weighted by Gasteiger charge is 2.29. The maximum absolute atomic E-state index is 12.4. The third-order valence-electron chi connectivity index (χ3n) is 2.59. The topological polar surface area (TPSA) is 44.1 Å². The first-order valence-electron chi connectivity index (χ1n) is 5.68. The molecule has 0 atom stereocenters. The summed E-state index contributed by atoms with van der Waals surface area (Å²) in [6, 6.07) is 4.46.